The number of carbonyl (C=O) groups is 2. The molecule has 30 heavy (non-hydrogen) atoms. The first-order valence-corrected chi connectivity index (χ1v) is 10.0. The van der Waals surface area contributed by atoms with Crippen molar-refractivity contribution < 1.29 is 28.5 Å². The molecule has 0 spiro atoms. The Hall–Kier alpha value is -3.22. The number of likely N-dealkylation sites (N-methyl/N-ethyl adjacent to an activating group) is 1. The van der Waals surface area contributed by atoms with Crippen LogP contribution in [0.5, 0.6) is 17.2 Å². The molecule has 1 heterocycles. The van der Waals surface area contributed by atoms with E-state index in [0.717, 1.165) is 5.56 Å². The Labute approximate surface area is 176 Å². The first-order valence-electron chi connectivity index (χ1n) is 10.0. The van der Waals surface area contributed by atoms with Crippen molar-refractivity contribution in [2.45, 2.75) is 33.2 Å². The quantitative estimate of drug-likeness (QED) is 0.586. The van der Waals surface area contributed by atoms with Crippen LogP contribution >= 0.6 is 0 Å². The van der Waals surface area contributed by atoms with E-state index >= 15 is 0 Å². The van der Waals surface area contributed by atoms with Crippen molar-refractivity contribution in [1.82, 2.24) is 4.90 Å². The summed E-state index contributed by atoms with van der Waals surface area (Å²) in [6.45, 7) is 6.60. The highest BCUT2D eigenvalue weighted by Gasteiger charge is 2.18. The Morgan fingerprint density at radius 2 is 1.77 bits per heavy atom. The minimum absolute atomic E-state index is 0.203. The Balaban J connectivity index is 1.44. The van der Waals surface area contributed by atoms with E-state index in [0.29, 0.717) is 36.3 Å². The van der Waals surface area contributed by atoms with Crippen molar-refractivity contribution in [1.29, 1.82) is 0 Å². The highest BCUT2D eigenvalue weighted by atomic mass is 16.7. The zero-order chi connectivity index (χ0) is 21.5. The third-order valence-corrected chi connectivity index (χ3v) is 4.80. The molecule has 7 nitrogen and oxygen atoms in total. The summed E-state index contributed by atoms with van der Waals surface area (Å²) < 4.78 is 21.2. The van der Waals surface area contributed by atoms with E-state index in [2.05, 4.69) is 13.8 Å². The Morgan fingerprint density at radius 1 is 1.03 bits per heavy atom. The zero-order valence-corrected chi connectivity index (χ0v) is 17.6. The van der Waals surface area contributed by atoms with Crippen molar-refractivity contribution in [3.05, 3.63) is 53.6 Å². The number of carbonyl (C=O) groups excluding carboxylic acids is 2. The average molecular weight is 413 g/mol. The van der Waals surface area contributed by atoms with Gasteiger partial charge in [-0.3, -0.25) is 4.79 Å². The van der Waals surface area contributed by atoms with Crippen LogP contribution in [0.4, 0.5) is 0 Å². The number of hydrogen-bond donors (Lipinski definition) is 0. The van der Waals surface area contributed by atoms with Crippen molar-refractivity contribution >= 4 is 11.9 Å². The summed E-state index contributed by atoms with van der Waals surface area (Å²) in [5.74, 6) is 1.51. The van der Waals surface area contributed by atoms with E-state index in [4.69, 9.17) is 18.9 Å². The third-order valence-electron chi connectivity index (χ3n) is 4.80. The molecular weight excluding hydrogens is 386 g/mol. The van der Waals surface area contributed by atoms with Crippen LogP contribution in [-0.2, 0) is 20.9 Å². The minimum atomic E-state index is -0.588. The molecule has 160 valence electrons. The van der Waals surface area contributed by atoms with Crippen molar-refractivity contribution in [3.63, 3.8) is 0 Å². The van der Waals surface area contributed by atoms with Gasteiger partial charge < -0.3 is 23.8 Å². The number of amides is 1. The Morgan fingerprint density at radius 3 is 2.47 bits per heavy atom. The number of esters is 1. The molecule has 3 rings (SSSR count). The lowest BCUT2D eigenvalue weighted by Gasteiger charge is -2.21. The molecule has 2 aromatic carbocycles. The van der Waals surface area contributed by atoms with Gasteiger partial charge in [0.05, 0.1) is 0 Å². The number of ether oxygens (including phenoxy) is 4. The molecule has 0 radical (unpaired) electrons. The van der Waals surface area contributed by atoms with Gasteiger partial charge in [0.1, 0.15) is 5.75 Å². The molecule has 0 aromatic heterocycles. The van der Waals surface area contributed by atoms with Crippen molar-refractivity contribution in [2.75, 3.05) is 26.6 Å². The predicted molar refractivity (Wildman–Crippen MR) is 111 cm³/mol. The highest BCUT2D eigenvalue weighted by Crippen LogP contribution is 2.32. The summed E-state index contributed by atoms with van der Waals surface area (Å²) in [5, 5.41) is 0. The number of hydrogen-bond acceptors (Lipinski definition) is 6. The van der Waals surface area contributed by atoms with Gasteiger partial charge in [-0.25, -0.2) is 4.79 Å². The van der Waals surface area contributed by atoms with Crippen LogP contribution in [0.3, 0.4) is 0 Å². The first-order chi connectivity index (χ1) is 14.5. The van der Waals surface area contributed by atoms with Gasteiger partial charge in [0.25, 0.3) is 5.91 Å². The lowest BCUT2D eigenvalue weighted by atomic mass is 10.0. The standard InChI is InChI=1S/C23H27NO6/c1-4-24(12-17-5-10-20-21(11-17)30-15-29-20)22(25)13-28-23(26)14-27-19-8-6-18(7-9-19)16(2)3/h5-11,16H,4,12-15H2,1-3H3. The summed E-state index contributed by atoms with van der Waals surface area (Å²) in [4.78, 5) is 26.0. The van der Waals surface area contributed by atoms with E-state index in [9.17, 15) is 9.59 Å². The fourth-order valence-corrected chi connectivity index (χ4v) is 3.00. The van der Waals surface area contributed by atoms with Gasteiger partial charge in [-0.05, 0) is 48.2 Å². The summed E-state index contributed by atoms with van der Waals surface area (Å²) in [6, 6.07) is 13.1. The molecule has 0 unspecified atom stereocenters. The van der Waals surface area contributed by atoms with Crippen molar-refractivity contribution in [3.8, 4) is 17.2 Å². The molecule has 0 aliphatic carbocycles. The molecule has 0 saturated carbocycles. The second kappa shape index (κ2) is 10.0. The SMILES string of the molecule is CCN(Cc1ccc2c(c1)OCO2)C(=O)COC(=O)COc1ccc(C(C)C)cc1. The summed E-state index contributed by atoms with van der Waals surface area (Å²) >= 11 is 0. The number of benzene rings is 2. The molecule has 7 heteroatoms. The lowest BCUT2D eigenvalue weighted by molar-refractivity contribution is -0.153. The second-order valence-corrected chi connectivity index (χ2v) is 7.27. The van der Waals surface area contributed by atoms with Gasteiger partial charge in [-0.15, -0.1) is 0 Å². The summed E-state index contributed by atoms with van der Waals surface area (Å²) in [5.41, 5.74) is 2.10. The largest absolute Gasteiger partial charge is 0.482 e. The third kappa shape index (κ3) is 5.65. The molecule has 1 aliphatic rings. The molecule has 0 fully saturated rings. The number of nitrogens with zero attached hydrogens (tertiary/aromatic N) is 1. The molecule has 1 aliphatic heterocycles. The maximum atomic E-state index is 12.4. The minimum Gasteiger partial charge on any atom is -0.482 e. The topological polar surface area (TPSA) is 74.3 Å². The zero-order valence-electron chi connectivity index (χ0n) is 17.6. The van der Waals surface area contributed by atoms with Gasteiger partial charge in [0, 0.05) is 13.1 Å². The lowest BCUT2D eigenvalue weighted by Crippen LogP contribution is -2.34. The Kier molecular flexibility index (Phi) is 7.17. The summed E-state index contributed by atoms with van der Waals surface area (Å²) in [6.07, 6.45) is 0. The van der Waals surface area contributed by atoms with Crippen LogP contribution in [0.25, 0.3) is 0 Å². The first kappa shape index (κ1) is 21.5. The van der Waals surface area contributed by atoms with E-state index in [-0.39, 0.29) is 25.9 Å². The Bertz CT molecular complexity index is 878. The van der Waals surface area contributed by atoms with Crippen LogP contribution in [0.1, 0.15) is 37.8 Å². The van der Waals surface area contributed by atoms with E-state index in [1.54, 1.807) is 4.90 Å². The van der Waals surface area contributed by atoms with Gasteiger partial charge in [-0.2, -0.15) is 0 Å². The van der Waals surface area contributed by atoms with E-state index in [1.165, 1.54) is 5.56 Å². The maximum Gasteiger partial charge on any atom is 0.344 e. The van der Waals surface area contributed by atoms with Crippen LogP contribution in [0.15, 0.2) is 42.5 Å². The van der Waals surface area contributed by atoms with Crippen molar-refractivity contribution in [2.24, 2.45) is 0 Å². The maximum absolute atomic E-state index is 12.4. The van der Waals surface area contributed by atoms with E-state index < -0.39 is 5.97 Å². The van der Waals surface area contributed by atoms with Crippen LogP contribution < -0.4 is 14.2 Å². The molecule has 0 bridgehead atoms. The molecule has 2 aromatic rings. The van der Waals surface area contributed by atoms with Gasteiger partial charge in [0.2, 0.25) is 6.79 Å². The average Bonchev–Trinajstić information content (AvgIpc) is 3.22. The van der Waals surface area contributed by atoms with Crippen LogP contribution in [-0.4, -0.2) is 43.3 Å². The van der Waals surface area contributed by atoms with Gasteiger partial charge in [-0.1, -0.05) is 32.0 Å². The second-order valence-electron chi connectivity index (χ2n) is 7.27. The van der Waals surface area contributed by atoms with E-state index in [1.807, 2.05) is 49.4 Å². The molecule has 0 N–H and O–H groups in total. The molecule has 1 amide bonds. The van der Waals surface area contributed by atoms with Gasteiger partial charge >= 0.3 is 5.97 Å². The highest BCUT2D eigenvalue weighted by molar-refractivity contribution is 5.81. The summed E-state index contributed by atoms with van der Waals surface area (Å²) in [7, 11) is 0. The fourth-order valence-electron chi connectivity index (χ4n) is 3.00. The smallest absolute Gasteiger partial charge is 0.344 e. The number of fused-ring (bicyclic) bond motifs is 1. The molecule has 0 atom stereocenters. The fraction of sp³-hybridized carbons (Fsp3) is 0.391. The molecule has 0 saturated heterocycles. The predicted octanol–water partition coefficient (Wildman–Crippen LogP) is 3.51. The van der Waals surface area contributed by atoms with Crippen LogP contribution in [0.2, 0.25) is 0 Å². The van der Waals surface area contributed by atoms with Gasteiger partial charge in [0.15, 0.2) is 24.7 Å². The number of rotatable bonds is 9. The van der Waals surface area contributed by atoms with Crippen LogP contribution in [0, 0.1) is 0 Å². The normalized spacial score (nSPS) is 12.0. The monoisotopic (exact) mass is 413 g/mol. The molecular formula is C23H27NO6.